The van der Waals surface area contributed by atoms with Gasteiger partial charge < -0.3 is 4.90 Å². The van der Waals surface area contributed by atoms with Crippen LogP contribution in [0.15, 0.2) is 52.9 Å². The molecule has 0 N–H and O–H groups in total. The zero-order chi connectivity index (χ0) is 20.4. The average Bonchev–Trinajstić information content (AvgIpc) is 3.35. The van der Waals surface area contributed by atoms with Crippen LogP contribution in [0.25, 0.3) is 9.88 Å². The molecule has 1 saturated heterocycles. The number of hydrogen-bond donors (Lipinski definition) is 0. The molecule has 0 aliphatic carbocycles. The molecule has 4 rings (SSSR count). The quantitative estimate of drug-likeness (QED) is 0.608. The summed E-state index contributed by atoms with van der Waals surface area (Å²) in [7, 11) is -3.72. The SMILES string of the molecule is O=C(c1cnc(-c2cccs2)s1)N1CCCN(S(=O)(=O)c2ccc(F)cc2)CC1. The number of carbonyl (C=O) groups is 1. The van der Waals surface area contributed by atoms with Crippen LogP contribution in [0, 0.1) is 5.82 Å². The highest BCUT2D eigenvalue weighted by Gasteiger charge is 2.29. The number of hydrogen-bond acceptors (Lipinski definition) is 6. The van der Waals surface area contributed by atoms with Gasteiger partial charge in [0.1, 0.15) is 15.7 Å². The van der Waals surface area contributed by atoms with E-state index in [2.05, 4.69) is 4.98 Å². The minimum atomic E-state index is -3.72. The molecule has 0 spiro atoms. The predicted octanol–water partition coefficient (Wildman–Crippen LogP) is 3.55. The molecule has 1 aliphatic heterocycles. The Balaban J connectivity index is 1.46. The third kappa shape index (κ3) is 4.25. The molecule has 29 heavy (non-hydrogen) atoms. The first-order valence-electron chi connectivity index (χ1n) is 9.00. The number of benzene rings is 1. The van der Waals surface area contributed by atoms with E-state index in [1.54, 1.807) is 22.4 Å². The zero-order valence-electron chi connectivity index (χ0n) is 15.3. The topological polar surface area (TPSA) is 70.6 Å². The maximum Gasteiger partial charge on any atom is 0.265 e. The zero-order valence-corrected chi connectivity index (χ0v) is 17.8. The van der Waals surface area contributed by atoms with Crippen molar-refractivity contribution < 1.29 is 17.6 Å². The molecule has 0 atom stereocenters. The molecule has 6 nitrogen and oxygen atoms in total. The van der Waals surface area contributed by atoms with Crippen LogP contribution in [-0.2, 0) is 10.0 Å². The molecular weight excluding hydrogens is 433 g/mol. The van der Waals surface area contributed by atoms with Crippen molar-refractivity contribution >= 4 is 38.6 Å². The fourth-order valence-electron chi connectivity index (χ4n) is 3.14. The van der Waals surface area contributed by atoms with Crippen LogP contribution in [0.1, 0.15) is 16.1 Å². The van der Waals surface area contributed by atoms with E-state index in [1.807, 2.05) is 17.5 Å². The van der Waals surface area contributed by atoms with E-state index < -0.39 is 15.8 Å². The van der Waals surface area contributed by atoms with Crippen molar-refractivity contribution in [1.29, 1.82) is 0 Å². The second-order valence-corrected chi connectivity index (χ2v) is 10.4. The molecule has 0 unspecified atom stereocenters. The molecule has 1 fully saturated rings. The number of aromatic nitrogens is 1. The van der Waals surface area contributed by atoms with E-state index in [4.69, 9.17) is 0 Å². The Morgan fingerprint density at radius 3 is 2.59 bits per heavy atom. The molecule has 0 saturated carbocycles. The number of thiazole rings is 1. The lowest BCUT2D eigenvalue weighted by atomic mass is 10.3. The first-order chi connectivity index (χ1) is 13.9. The molecule has 2 aromatic heterocycles. The van der Waals surface area contributed by atoms with Gasteiger partial charge in [-0.2, -0.15) is 4.31 Å². The molecular formula is C19H18FN3O3S3. The van der Waals surface area contributed by atoms with Crippen molar-refractivity contribution in [1.82, 2.24) is 14.2 Å². The number of thiophene rings is 1. The van der Waals surface area contributed by atoms with Crippen molar-refractivity contribution in [3.05, 3.63) is 58.7 Å². The van der Waals surface area contributed by atoms with Crippen LogP contribution in [0.2, 0.25) is 0 Å². The number of carbonyl (C=O) groups excluding carboxylic acids is 1. The largest absolute Gasteiger partial charge is 0.337 e. The minimum absolute atomic E-state index is 0.0572. The maximum atomic E-state index is 13.1. The van der Waals surface area contributed by atoms with E-state index in [0.29, 0.717) is 30.9 Å². The lowest BCUT2D eigenvalue weighted by Crippen LogP contribution is -2.37. The summed E-state index contributed by atoms with van der Waals surface area (Å²) >= 11 is 2.91. The highest BCUT2D eigenvalue weighted by atomic mass is 32.2. The number of sulfonamides is 1. The lowest BCUT2D eigenvalue weighted by molar-refractivity contribution is 0.0769. The molecule has 0 bridgehead atoms. The fourth-order valence-corrected chi connectivity index (χ4v) is 6.29. The van der Waals surface area contributed by atoms with E-state index >= 15 is 0 Å². The van der Waals surface area contributed by atoms with E-state index in [-0.39, 0.29) is 17.3 Å². The first kappa shape index (κ1) is 20.1. The van der Waals surface area contributed by atoms with Gasteiger partial charge in [-0.1, -0.05) is 6.07 Å². The van der Waals surface area contributed by atoms with Crippen LogP contribution in [0.3, 0.4) is 0 Å². The second-order valence-electron chi connectivity index (χ2n) is 6.51. The van der Waals surface area contributed by atoms with Crippen molar-refractivity contribution in [2.24, 2.45) is 0 Å². The van der Waals surface area contributed by atoms with Crippen molar-refractivity contribution in [3.8, 4) is 9.88 Å². The number of halogens is 1. The standard InChI is InChI=1S/C19H18FN3O3S3/c20-14-4-6-15(7-5-14)29(25,26)23-9-2-8-22(10-11-23)19(24)17-13-21-18(28-17)16-3-1-12-27-16/h1,3-7,12-13H,2,8-11H2. The predicted molar refractivity (Wildman–Crippen MR) is 111 cm³/mol. The van der Waals surface area contributed by atoms with E-state index in [9.17, 15) is 17.6 Å². The summed E-state index contributed by atoms with van der Waals surface area (Å²) in [5.41, 5.74) is 0. The van der Waals surface area contributed by atoms with Crippen molar-refractivity contribution in [2.75, 3.05) is 26.2 Å². The summed E-state index contributed by atoms with van der Waals surface area (Å²) in [4.78, 5) is 20.5. The van der Waals surface area contributed by atoms with Gasteiger partial charge in [-0.3, -0.25) is 4.79 Å². The summed E-state index contributed by atoms with van der Waals surface area (Å²) in [6, 6.07) is 8.70. The summed E-state index contributed by atoms with van der Waals surface area (Å²) in [6.07, 6.45) is 2.11. The second kappa shape index (κ2) is 8.31. The van der Waals surface area contributed by atoms with Gasteiger partial charge in [0, 0.05) is 26.2 Å². The van der Waals surface area contributed by atoms with Gasteiger partial charge in [0.25, 0.3) is 5.91 Å². The molecule has 1 aliphatic rings. The van der Waals surface area contributed by atoms with Gasteiger partial charge in [0.15, 0.2) is 0 Å². The average molecular weight is 452 g/mol. The van der Waals surface area contributed by atoms with Crippen LogP contribution >= 0.6 is 22.7 Å². The Morgan fingerprint density at radius 1 is 1.07 bits per heavy atom. The van der Waals surface area contributed by atoms with E-state index in [1.165, 1.54) is 27.8 Å². The first-order valence-corrected chi connectivity index (χ1v) is 12.1. The Labute approximate surface area is 176 Å². The third-order valence-corrected chi connectivity index (χ3v) is 8.58. The number of rotatable bonds is 4. The monoisotopic (exact) mass is 451 g/mol. The van der Waals surface area contributed by atoms with E-state index in [0.717, 1.165) is 22.0 Å². The minimum Gasteiger partial charge on any atom is -0.337 e. The Kier molecular flexibility index (Phi) is 5.77. The molecule has 10 heteroatoms. The molecule has 3 heterocycles. The summed E-state index contributed by atoms with van der Waals surface area (Å²) in [5, 5.41) is 2.77. The van der Waals surface area contributed by atoms with Gasteiger partial charge in [-0.05, 0) is 42.1 Å². The summed E-state index contributed by atoms with van der Waals surface area (Å²) in [6.45, 7) is 1.28. The van der Waals surface area contributed by atoms with Gasteiger partial charge >= 0.3 is 0 Å². The maximum absolute atomic E-state index is 13.1. The van der Waals surface area contributed by atoms with Crippen LogP contribution in [-0.4, -0.2) is 54.7 Å². The highest BCUT2D eigenvalue weighted by Crippen LogP contribution is 2.29. The van der Waals surface area contributed by atoms with Crippen molar-refractivity contribution in [2.45, 2.75) is 11.3 Å². The third-order valence-electron chi connectivity index (χ3n) is 4.64. The van der Waals surface area contributed by atoms with Gasteiger partial charge in [-0.15, -0.1) is 22.7 Å². The molecule has 152 valence electrons. The lowest BCUT2D eigenvalue weighted by Gasteiger charge is -2.21. The summed E-state index contributed by atoms with van der Waals surface area (Å²) in [5.74, 6) is -0.616. The smallest absolute Gasteiger partial charge is 0.265 e. The Hall–Kier alpha value is -2.14. The van der Waals surface area contributed by atoms with Crippen LogP contribution in [0.5, 0.6) is 0 Å². The van der Waals surface area contributed by atoms with Crippen LogP contribution < -0.4 is 0 Å². The Bertz CT molecular complexity index is 1100. The summed E-state index contributed by atoms with van der Waals surface area (Å²) < 4.78 is 40.1. The molecule has 1 amide bonds. The Morgan fingerprint density at radius 2 is 1.86 bits per heavy atom. The molecule has 3 aromatic rings. The van der Waals surface area contributed by atoms with Crippen LogP contribution in [0.4, 0.5) is 4.39 Å². The van der Waals surface area contributed by atoms with Gasteiger partial charge in [0.05, 0.1) is 16.0 Å². The van der Waals surface area contributed by atoms with Gasteiger partial charge in [0.2, 0.25) is 10.0 Å². The number of amides is 1. The van der Waals surface area contributed by atoms with Crippen molar-refractivity contribution in [3.63, 3.8) is 0 Å². The highest BCUT2D eigenvalue weighted by molar-refractivity contribution is 7.89. The normalized spacial score (nSPS) is 16.0. The van der Waals surface area contributed by atoms with Gasteiger partial charge in [-0.25, -0.2) is 17.8 Å². The fraction of sp³-hybridized carbons (Fsp3) is 0.263. The number of nitrogens with zero attached hydrogens (tertiary/aromatic N) is 3. The molecule has 1 aromatic carbocycles. The molecule has 0 radical (unpaired) electrons.